The Morgan fingerprint density at radius 2 is 1.87 bits per heavy atom. The van der Waals surface area contributed by atoms with E-state index in [0.717, 1.165) is 39.0 Å². The van der Waals surface area contributed by atoms with Crippen LogP contribution in [-0.2, 0) is 4.74 Å². The van der Waals surface area contributed by atoms with Crippen molar-refractivity contribution in [3.8, 4) is 0 Å². The molecule has 23 heavy (non-hydrogen) atoms. The molecule has 5 heteroatoms. The van der Waals surface area contributed by atoms with Crippen molar-refractivity contribution in [1.82, 2.24) is 15.5 Å². The highest BCUT2D eigenvalue weighted by atomic mass is 16.5. The SMILES string of the molecule is CCO[C@H]1C[C@H](NC(=O)NC2CCN(C)CC2)C12CCCCC2. The van der Waals surface area contributed by atoms with Gasteiger partial charge in [-0.2, -0.15) is 0 Å². The lowest BCUT2D eigenvalue weighted by Gasteiger charge is -2.57. The lowest BCUT2D eigenvalue weighted by molar-refractivity contribution is -0.146. The summed E-state index contributed by atoms with van der Waals surface area (Å²) in [4.78, 5) is 14.7. The van der Waals surface area contributed by atoms with Crippen LogP contribution in [0.15, 0.2) is 0 Å². The number of piperidine rings is 1. The van der Waals surface area contributed by atoms with E-state index in [9.17, 15) is 4.79 Å². The second kappa shape index (κ2) is 7.39. The number of amides is 2. The highest BCUT2D eigenvalue weighted by Crippen LogP contribution is 2.53. The van der Waals surface area contributed by atoms with Crippen LogP contribution in [0.1, 0.15) is 58.3 Å². The van der Waals surface area contributed by atoms with Crippen molar-refractivity contribution in [3.63, 3.8) is 0 Å². The Labute approximate surface area is 140 Å². The Morgan fingerprint density at radius 3 is 2.52 bits per heavy atom. The zero-order valence-electron chi connectivity index (χ0n) is 14.8. The number of carbonyl (C=O) groups excluding carboxylic acids is 1. The summed E-state index contributed by atoms with van der Waals surface area (Å²) < 4.78 is 5.97. The first-order valence-corrected chi connectivity index (χ1v) is 9.51. The van der Waals surface area contributed by atoms with Crippen molar-refractivity contribution < 1.29 is 9.53 Å². The number of hydrogen-bond acceptors (Lipinski definition) is 3. The Balaban J connectivity index is 1.51. The molecule has 2 saturated carbocycles. The minimum Gasteiger partial charge on any atom is -0.378 e. The fourth-order valence-electron chi connectivity index (χ4n) is 4.80. The molecule has 2 N–H and O–H groups in total. The van der Waals surface area contributed by atoms with Crippen LogP contribution in [-0.4, -0.2) is 55.9 Å². The van der Waals surface area contributed by atoms with Crippen LogP contribution in [0.4, 0.5) is 4.79 Å². The van der Waals surface area contributed by atoms with Crippen molar-refractivity contribution in [2.24, 2.45) is 5.41 Å². The van der Waals surface area contributed by atoms with Crippen molar-refractivity contribution in [3.05, 3.63) is 0 Å². The van der Waals surface area contributed by atoms with Crippen LogP contribution in [0, 0.1) is 5.41 Å². The van der Waals surface area contributed by atoms with Gasteiger partial charge in [0.1, 0.15) is 0 Å². The number of nitrogens with one attached hydrogen (secondary N) is 2. The molecule has 0 aromatic heterocycles. The van der Waals surface area contributed by atoms with Crippen LogP contribution >= 0.6 is 0 Å². The summed E-state index contributed by atoms with van der Waals surface area (Å²) in [6.45, 7) is 5.00. The van der Waals surface area contributed by atoms with Gasteiger partial charge in [-0.05, 0) is 59.2 Å². The molecule has 2 aliphatic carbocycles. The third-order valence-corrected chi connectivity index (χ3v) is 6.30. The molecule has 3 rings (SSSR count). The molecule has 0 bridgehead atoms. The van der Waals surface area contributed by atoms with Crippen molar-refractivity contribution >= 4 is 6.03 Å². The molecule has 0 radical (unpaired) electrons. The third kappa shape index (κ3) is 3.66. The topological polar surface area (TPSA) is 53.6 Å². The first-order chi connectivity index (χ1) is 11.1. The molecular formula is C18H33N3O2. The van der Waals surface area contributed by atoms with Crippen LogP contribution in [0.5, 0.6) is 0 Å². The first kappa shape index (κ1) is 17.0. The predicted octanol–water partition coefficient (Wildman–Crippen LogP) is 2.51. The van der Waals surface area contributed by atoms with E-state index in [2.05, 4.69) is 29.5 Å². The van der Waals surface area contributed by atoms with Crippen molar-refractivity contribution in [2.45, 2.75) is 76.5 Å². The van der Waals surface area contributed by atoms with Gasteiger partial charge >= 0.3 is 6.03 Å². The highest BCUT2D eigenvalue weighted by Gasteiger charge is 2.56. The maximum Gasteiger partial charge on any atom is 0.315 e. The van der Waals surface area contributed by atoms with Crippen LogP contribution in [0.3, 0.4) is 0 Å². The second-order valence-corrected chi connectivity index (χ2v) is 7.72. The van der Waals surface area contributed by atoms with Crippen LogP contribution in [0.25, 0.3) is 0 Å². The molecule has 0 aromatic rings. The third-order valence-electron chi connectivity index (χ3n) is 6.30. The molecule has 2 atom stereocenters. The summed E-state index contributed by atoms with van der Waals surface area (Å²) in [5.41, 5.74) is 0.207. The van der Waals surface area contributed by atoms with E-state index in [4.69, 9.17) is 4.74 Å². The van der Waals surface area contributed by atoms with Gasteiger partial charge in [-0.25, -0.2) is 4.79 Å². The molecule has 3 fully saturated rings. The maximum atomic E-state index is 12.4. The van der Waals surface area contributed by atoms with E-state index in [0.29, 0.717) is 18.2 Å². The average Bonchev–Trinajstić information content (AvgIpc) is 2.57. The molecule has 0 aromatic carbocycles. The van der Waals surface area contributed by atoms with Crippen molar-refractivity contribution in [2.75, 3.05) is 26.7 Å². The second-order valence-electron chi connectivity index (χ2n) is 7.72. The number of rotatable bonds is 4. The number of carbonyl (C=O) groups is 1. The molecule has 1 saturated heterocycles. The zero-order valence-corrected chi connectivity index (χ0v) is 14.8. The molecule has 0 unspecified atom stereocenters. The van der Waals surface area contributed by atoms with Gasteiger partial charge < -0.3 is 20.3 Å². The number of likely N-dealkylation sites (tertiary alicyclic amines) is 1. The lowest BCUT2D eigenvalue weighted by atomic mass is 9.55. The molecule has 1 heterocycles. The van der Waals surface area contributed by atoms with Gasteiger partial charge in [0.15, 0.2) is 0 Å². The minimum atomic E-state index is 0.0319. The van der Waals surface area contributed by atoms with Gasteiger partial charge in [-0.15, -0.1) is 0 Å². The summed E-state index contributed by atoms with van der Waals surface area (Å²) in [5.74, 6) is 0. The summed E-state index contributed by atoms with van der Waals surface area (Å²) in [7, 11) is 2.14. The molecule has 3 aliphatic rings. The standard InChI is InChI=1S/C18H33N3O2/c1-3-23-16-13-15(18(16)9-5-4-6-10-18)20-17(22)19-14-7-11-21(2)12-8-14/h14-16H,3-13H2,1-2H3,(H2,19,20,22)/t15-,16-/m0/s1. The van der Waals surface area contributed by atoms with Gasteiger partial charge in [0.25, 0.3) is 0 Å². The summed E-state index contributed by atoms with van der Waals surface area (Å²) in [6, 6.07) is 0.659. The smallest absolute Gasteiger partial charge is 0.315 e. The Morgan fingerprint density at radius 1 is 1.17 bits per heavy atom. The van der Waals surface area contributed by atoms with Crippen LogP contribution < -0.4 is 10.6 Å². The summed E-state index contributed by atoms with van der Waals surface area (Å²) in [5, 5.41) is 6.47. The highest BCUT2D eigenvalue weighted by molar-refractivity contribution is 5.75. The summed E-state index contributed by atoms with van der Waals surface area (Å²) in [6.07, 6.45) is 9.73. The maximum absolute atomic E-state index is 12.4. The fraction of sp³-hybridized carbons (Fsp3) is 0.944. The van der Waals surface area contributed by atoms with Gasteiger partial charge in [0.05, 0.1) is 6.10 Å². The number of hydrogen-bond donors (Lipinski definition) is 2. The molecule has 1 aliphatic heterocycles. The fourth-order valence-corrected chi connectivity index (χ4v) is 4.80. The quantitative estimate of drug-likeness (QED) is 0.836. The van der Waals surface area contributed by atoms with Gasteiger partial charge in [0, 0.05) is 24.1 Å². The lowest BCUT2D eigenvalue weighted by Crippen LogP contribution is -2.66. The molecule has 2 amide bonds. The van der Waals surface area contributed by atoms with E-state index in [1.165, 1.54) is 32.1 Å². The van der Waals surface area contributed by atoms with Gasteiger partial charge in [0.2, 0.25) is 0 Å². The first-order valence-electron chi connectivity index (χ1n) is 9.51. The van der Waals surface area contributed by atoms with E-state index in [-0.39, 0.29) is 11.4 Å². The van der Waals surface area contributed by atoms with E-state index in [1.54, 1.807) is 0 Å². The Bertz CT molecular complexity index is 401. The normalized spacial score (nSPS) is 31.6. The van der Waals surface area contributed by atoms with E-state index in [1.807, 2.05) is 0 Å². The Kier molecular flexibility index (Phi) is 5.47. The van der Waals surface area contributed by atoms with Gasteiger partial charge in [-0.1, -0.05) is 19.3 Å². The molecular weight excluding hydrogens is 290 g/mol. The minimum absolute atomic E-state index is 0.0319. The molecule has 132 valence electrons. The van der Waals surface area contributed by atoms with E-state index < -0.39 is 0 Å². The number of urea groups is 1. The van der Waals surface area contributed by atoms with Crippen molar-refractivity contribution in [1.29, 1.82) is 0 Å². The van der Waals surface area contributed by atoms with Gasteiger partial charge in [-0.3, -0.25) is 0 Å². The monoisotopic (exact) mass is 323 g/mol. The van der Waals surface area contributed by atoms with Crippen LogP contribution in [0.2, 0.25) is 0 Å². The number of nitrogens with zero attached hydrogens (tertiary/aromatic N) is 1. The number of ether oxygens (including phenoxy) is 1. The summed E-state index contributed by atoms with van der Waals surface area (Å²) >= 11 is 0. The molecule has 5 nitrogen and oxygen atoms in total. The predicted molar refractivity (Wildman–Crippen MR) is 91.5 cm³/mol. The van der Waals surface area contributed by atoms with E-state index >= 15 is 0 Å². The zero-order chi connectivity index (χ0) is 16.3. The molecule has 1 spiro atoms. The Hall–Kier alpha value is -0.810. The largest absolute Gasteiger partial charge is 0.378 e. The average molecular weight is 323 g/mol.